The fourth-order valence-electron chi connectivity index (χ4n) is 1.79. The Morgan fingerprint density at radius 3 is 2.35 bits per heavy atom. The summed E-state index contributed by atoms with van der Waals surface area (Å²) in [6.07, 6.45) is 3.74. The Balaban J connectivity index is 2.23. The Hall–Kier alpha value is -2.16. The number of carbonyl (C=O) groups is 1. The third-order valence-corrected chi connectivity index (χ3v) is 2.69. The Kier molecular flexibility index (Phi) is 3.50. The van der Waals surface area contributed by atoms with E-state index in [4.69, 9.17) is 0 Å². The first kappa shape index (κ1) is 11.3. The minimum Gasteiger partial charge on any atom is -0.481 e. The van der Waals surface area contributed by atoms with E-state index in [1.54, 1.807) is 24.5 Å². The van der Waals surface area contributed by atoms with Crippen LogP contribution in [0.4, 0.5) is 0 Å². The molecular formula is C14H13NO2. The van der Waals surface area contributed by atoms with Crippen molar-refractivity contribution in [2.75, 3.05) is 0 Å². The Morgan fingerprint density at radius 1 is 1.12 bits per heavy atom. The van der Waals surface area contributed by atoms with Gasteiger partial charge in [-0.25, -0.2) is 0 Å². The molecule has 0 saturated carbocycles. The second kappa shape index (κ2) is 5.25. The number of aliphatic carboxylic acids is 1. The van der Waals surface area contributed by atoms with Crippen molar-refractivity contribution in [1.29, 1.82) is 0 Å². The van der Waals surface area contributed by atoms with Gasteiger partial charge in [-0.3, -0.25) is 9.78 Å². The first-order valence-electron chi connectivity index (χ1n) is 5.44. The van der Waals surface area contributed by atoms with E-state index in [0.29, 0.717) is 6.42 Å². The molecular weight excluding hydrogens is 214 g/mol. The van der Waals surface area contributed by atoms with E-state index < -0.39 is 11.9 Å². The lowest BCUT2D eigenvalue weighted by atomic mass is 9.93. The van der Waals surface area contributed by atoms with E-state index in [9.17, 15) is 9.90 Å². The van der Waals surface area contributed by atoms with Crippen molar-refractivity contribution in [3.8, 4) is 0 Å². The molecule has 1 heterocycles. The molecule has 0 spiro atoms. The van der Waals surface area contributed by atoms with Gasteiger partial charge in [-0.2, -0.15) is 0 Å². The number of carboxylic acid groups (broad SMARTS) is 1. The van der Waals surface area contributed by atoms with Gasteiger partial charge in [-0.05, 0) is 29.7 Å². The molecule has 0 amide bonds. The summed E-state index contributed by atoms with van der Waals surface area (Å²) in [4.78, 5) is 15.2. The zero-order chi connectivity index (χ0) is 12.1. The van der Waals surface area contributed by atoms with Gasteiger partial charge in [-0.15, -0.1) is 0 Å². The highest BCUT2D eigenvalue weighted by atomic mass is 16.4. The van der Waals surface area contributed by atoms with Crippen molar-refractivity contribution >= 4 is 5.97 Å². The highest BCUT2D eigenvalue weighted by Gasteiger charge is 2.19. The van der Waals surface area contributed by atoms with Gasteiger partial charge in [0.15, 0.2) is 0 Å². The van der Waals surface area contributed by atoms with Crippen LogP contribution < -0.4 is 0 Å². The minimum absolute atomic E-state index is 0.500. The van der Waals surface area contributed by atoms with E-state index >= 15 is 0 Å². The number of pyridine rings is 1. The summed E-state index contributed by atoms with van der Waals surface area (Å²) >= 11 is 0. The second-order valence-corrected chi connectivity index (χ2v) is 3.86. The van der Waals surface area contributed by atoms with Crippen LogP contribution in [0.5, 0.6) is 0 Å². The molecule has 0 aliphatic heterocycles. The summed E-state index contributed by atoms with van der Waals surface area (Å²) < 4.78 is 0. The summed E-state index contributed by atoms with van der Waals surface area (Å²) in [6.45, 7) is 0. The molecule has 2 aromatic rings. The molecule has 86 valence electrons. The standard InChI is InChI=1S/C14H13NO2/c16-14(17)13(12-6-8-15-9-7-12)10-11-4-2-1-3-5-11/h1-9,13H,10H2,(H,16,17). The predicted octanol–water partition coefficient (Wildman–Crippen LogP) is 2.49. The monoisotopic (exact) mass is 227 g/mol. The molecule has 3 heteroatoms. The van der Waals surface area contributed by atoms with E-state index in [-0.39, 0.29) is 0 Å². The van der Waals surface area contributed by atoms with E-state index in [0.717, 1.165) is 11.1 Å². The third-order valence-electron chi connectivity index (χ3n) is 2.69. The maximum Gasteiger partial charge on any atom is 0.311 e. The SMILES string of the molecule is O=C(O)C(Cc1ccccc1)c1ccncc1. The molecule has 1 aromatic heterocycles. The number of benzene rings is 1. The molecule has 0 radical (unpaired) electrons. The predicted molar refractivity (Wildman–Crippen MR) is 64.8 cm³/mol. The summed E-state index contributed by atoms with van der Waals surface area (Å²) in [5.41, 5.74) is 1.81. The lowest BCUT2D eigenvalue weighted by molar-refractivity contribution is -0.138. The molecule has 2 rings (SSSR count). The van der Waals surface area contributed by atoms with Crippen molar-refractivity contribution in [3.63, 3.8) is 0 Å². The largest absolute Gasteiger partial charge is 0.481 e. The van der Waals surface area contributed by atoms with Gasteiger partial charge < -0.3 is 5.11 Å². The molecule has 0 saturated heterocycles. The van der Waals surface area contributed by atoms with Gasteiger partial charge >= 0.3 is 5.97 Å². The number of hydrogen-bond donors (Lipinski definition) is 1. The van der Waals surface area contributed by atoms with Gasteiger partial charge in [0.1, 0.15) is 0 Å². The van der Waals surface area contributed by atoms with E-state index in [1.807, 2.05) is 30.3 Å². The average molecular weight is 227 g/mol. The van der Waals surface area contributed by atoms with Gasteiger partial charge in [0.25, 0.3) is 0 Å². The van der Waals surface area contributed by atoms with Crippen LogP contribution in [0.3, 0.4) is 0 Å². The molecule has 3 nitrogen and oxygen atoms in total. The number of rotatable bonds is 4. The van der Waals surface area contributed by atoms with E-state index in [1.165, 1.54) is 0 Å². The lowest BCUT2D eigenvalue weighted by Crippen LogP contribution is -2.14. The van der Waals surface area contributed by atoms with Gasteiger partial charge in [0.05, 0.1) is 5.92 Å². The molecule has 1 N–H and O–H groups in total. The van der Waals surface area contributed by atoms with Crippen LogP contribution in [0.15, 0.2) is 54.9 Å². The zero-order valence-corrected chi connectivity index (χ0v) is 9.28. The van der Waals surface area contributed by atoms with E-state index in [2.05, 4.69) is 4.98 Å². The first-order chi connectivity index (χ1) is 8.27. The third kappa shape index (κ3) is 2.91. The van der Waals surface area contributed by atoms with Gasteiger partial charge in [-0.1, -0.05) is 30.3 Å². The highest BCUT2D eigenvalue weighted by molar-refractivity contribution is 5.76. The number of carboxylic acids is 1. The summed E-state index contributed by atoms with van der Waals surface area (Å²) in [6, 6.07) is 13.1. The van der Waals surface area contributed by atoms with Crippen molar-refractivity contribution in [2.24, 2.45) is 0 Å². The molecule has 0 aliphatic carbocycles. The number of aromatic nitrogens is 1. The Bertz CT molecular complexity index is 482. The highest BCUT2D eigenvalue weighted by Crippen LogP contribution is 2.20. The molecule has 17 heavy (non-hydrogen) atoms. The molecule has 1 atom stereocenters. The van der Waals surface area contributed by atoms with Crippen LogP contribution in [-0.2, 0) is 11.2 Å². The Morgan fingerprint density at radius 2 is 1.76 bits per heavy atom. The fourth-order valence-corrected chi connectivity index (χ4v) is 1.79. The molecule has 0 fully saturated rings. The summed E-state index contributed by atoms with van der Waals surface area (Å²) in [7, 11) is 0. The summed E-state index contributed by atoms with van der Waals surface area (Å²) in [5.74, 6) is -1.32. The van der Waals surface area contributed by atoms with Crippen LogP contribution in [-0.4, -0.2) is 16.1 Å². The van der Waals surface area contributed by atoms with Crippen molar-refractivity contribution in [2.45, 2.75) is 12.3 Å². The van der Waals surface area contributed by atoms with Crippen molar-refractivity contribution in [3.05, 3.63) is 66.0 Å². The molecule has 0 bridgehead atoms. The number of hydrogen-bond acceptors (Lipinski definition) is 2. The number of nitrogens with zero attached hydrogens (tertiary/aromatic N) is 1. The summed E-state index contributed by atoms with van der Waals surface area (Å²) in [5, 5.41) is 9.27. The first-order valence-corrected chi connectivity index (χ1v) is 5.44. The molecule has 1 unspecified atom stereocenters. The fraction of sp³-hybridized carbons (Fsp3) is 0.143. The van der Waals surface area contributed by atoms with Crippen molar-refractivity contribution < 1.29 is 9.90 Å². The Labute approximate surface area is 99.8 Å². The topological polar surface area (TPSA) is 50.2 Å². The van der Waals surface area contributed by atoms with Crippen LogP contribution in [0.2, 0.25) is 0 Å². The maximum atomic E-state index is 11.3. The minimum atomic E-state index is -0.806. The quantitative estimate of drug-likeness (QED) is 0.873. The zero-order valence-electron chi connectivity index (χ0n) is 9.28. The van der Waals surface area contributed by atoms with Crippen molar-refractivity contribution in [1.82, 2.24) is 4.98 Å². The van der Waals surface area contributed by atoms with Gasteiger partial charge in [0, 0.05) is 12.4 Å². The average Bonchev–Trinajstić information content (AvgIpc) is 2.38. The normalized spacial score (nSPS) is 12.0. The van der Waals surface area contributed by atoms with Crippen LogP contribution in [0.1, 0.15) is 17.0 Å². The maximum absolute atomic E-state index is 11.3. The molecule has 0 aliphatic rings. The smallest absolute Gasteiger partial charge is 0.311 e. The van der Waals surface area contributed by atoms with Crippen LogP contribution >= 0.6 is 0 Å². The van der Waals surface area contributed by atoms with Crippen LogP contribution in [0, 0.1) is 0 Å². The van der Waals surface area contributed by atoms with Crippen LogP contribution in [0.25, 0.3) is 0 Å². The van der Waals surface area contributed by atoms with Gasteiger partial charge in [0.2, 0.25) is 0 Å². The molecule has 1 aromatic carbocycles. The second-order valence-electron chi connectivity index (χ2n) is 3.86. The lowest BCUT2D eigenvalue weighted by Gasteiger charge is -2.12.